The molecule has 12 atom stereocenters. The fraction of sp³-hybridized carbons (Fsp3) is 0.478. The highest BCUT2D eigenvalue weighted by Gasteiger charge is 2.57. The Bertz CT molecular complexity index is 2090. The molecule has 0 radical (unpaired) electrons. The summed E-state index contributed by atoms with van der Waals surface area (Å²) in [6.07, 6.45) is -11.7. The van der Waals surface area contributed by atoms with Crippen LogP contribution < -0.4 is 9.47 Å². The SMILES string of the molecule is OC[C@H]1O[C@@](OC[C@H]2O[C@@H](c3ccc(Cc4ccc(O[C@H]5CCOC5)cc4)c(Cl)c3)[C@H](O)[C@@H](O)[C@@H]2O)(c2ccc(Cc3ccc(O[C@H]4CCOC4)cc3)c(Cl)c2)[C@H](O)[C@@H](O)[C@@H]1O. The minimum Gasteiger partial charge on any atom is -0.488 e. The van der Waals surface area contributed by atoms with Crippen LogP contribution in [0.1, 0.15) is 52.3 Å². The molecule has 0 saturated carbocycles. The Labute approximate surface area is 369 Å². The number of aliphatic hydroxyl groups is 7. The number of benzene rings is 4. The second kappa shape index (κ2) is 19.8. The molecule has 4 aromatic rings. The van der Waals surface area contributed by atoms with Crippen molar-refractivity contribution in [2.75, 3.05) is 39.6 Å². The van der Waals surface area contributed by atoms with E-state index in [1.165, 1.54) is 6.07 Å². The van der Waals surface area contributed by atoms with Crippen molar-refractivity contribution >= 4 is 23.2 Å². The topological polar surface area (TPSA) is 206 Å². The smallest absolute Gasteiger partial charge is 0.225 e. The molecule has 16 heteroatoms. The molecule has 7 N–H and O–H groups in total. The second-order valence-corrected chi connectivity index (χ2v) is 17.1. The zero-order valence-corrected chi connectivity index (χ0v) is 35.3. The van der Waals surface area contributed by atoms with Gasteiger partial charge in [-0.1, -0.05) is 71.7 Å². The van der Waals surface area contributed by atoms with Crippen LogP contribution in [-0.4, -0.2) is 136 Å². The third-order valence-electron chi connectivity index (χ3n) is 12.0. The Balaban J connectivity index is 0.982. The van der Waals surface area contributed by atoms with E-state index in [4.69, 9.17) is 56.4 Å². The molecule has 4 fully saturated rings. The van der Waals surface area contributed by atoms with E-state index in [9.17, 15) is 35.7 Å². The van der Waals surface area contributed by atoms with Crippen molar-refractivity contribution < 1.29 is 68.9 Å². The number of halogens is 2. The van der Waals surface area contributed by atoms with Gasteiger partial charge in [-0.2, -0.15) is 0 Å². The van der Waals surface area contributed by atoms with E-state index in [1.807, 2.05) is 48.5 Å². The first-order valence-electron chi connectivity index (χ1n) is 20.8. The lowest BCUT2D eigenvalue weighted by Crippen LogP contribution is -2.65. The summed E-state index contributed by atoms with van der Waals surface area (Å²) < 4.78 is 41.3. The van der Waals surface area contributed by atoms with Crippen molar-refractivity contribution in [2.45, 2.75) is 98.6 Å². The van der Waals surface area contributed by atoms with Crippen LogP contribution in [0.4, 0.5) is 0 Å². The van der Waals surface area contributed by atoms with Crippen LogP contribution in [0.2, 0.25) is 10.0 Å². The fourth-order valence-corrected chi connectivity index (χ4v) is 8.86. The van der Waals surface area contributed by atoms with Gasteiger partial charge in [0.2, 0.25) is 5.79 Å². The summed E-state index contributed by atoms with van der Waals surface area (Å²) >= 11 is 13.6. The van der Waals surface area contributed by atoms with Crippen LogP contribution in [0, 0.1) is 0 Å². The summed E-state index contributed by atoms with van der Waals surface area (Å²) in [6.45, 7) is 1.16. The maximum atomic E-state index is 11.6. The summed E-state index contributed by atoms with van der Waals surface area (Å²) in [4.78, 5) is 0. The summed E-state index contributed by atoms with van der Waals surface area (Å²) in [5.41, 5.74) is 3.98. The van der Waals surface area contributed by atoms with Crippen LogP contribution >= 0.6 is 23.2 Å². The molecule has 4 aliphatic heterocycles. The van der Waals surface area contributed by atoms with Gasteiger partial charge in [-0.25, -0.2) is 0 Å². The van der Waals surface area contributed by atoms with Crippen LogP contribution in [0.3, 0.4) is 0 Å². The van der Waals surface area contributed by atoms with E-state index in [1.54, 1.807) is 30.3 Å². The molecule has 14 nitrogen and oxygen atoms in total. The monoisotopic (exact) mass is 898 g/mol. The number of ether oxygens (including phenoxy) is 7. The first-order chi connectivity index (χ1) is 29.9. The molecule has 4 saturated heterocycles. The maximum absolute atomic E-state index is 11.6. The van der Waals surface area contributed by atoms with Crippen LogP contribution in [0.25, 0.3) is 0 Å². The van der Waals surface area contributed by atoms with Gasteiger partial charge in [0.15, 0.2) is 0 Å². The van der Waals surface area contributed by atoms with Gasteiger partial charge in [0, 0.05) is 28.5 Å². The highest BCUT2D eigenvalue weighted by molar-refractivity contribution is 6.31. The predicted octanol–water partition coefficient (Wildman–Crippen LogP) is 3.38. The molecule has 0 amide bonds. The summed E-state index contributed by atoms with van der Waals surface area (Å²) in [6, 6.07) is 25.3. The molecule has 0 bridgehead atoms. The Morgan fingerprint density at radius 3 is 1.68 bits per heavy atom. The molecule has 0 aliphatic carbocycles. The van der Waals surface area contributed by atoms with Gasteiger partial charge in [-0.3, -0.25) is 0 Å². The van der Waals surface area contributed by atoms with Gasteiger partial charge < -0.3 is 68.9 Å². The van der Waals surface area contributed by atoms with E-state index in [0.29, 0.717) is 55.4 Å². The van der Waals surface area contributed by atoms with Gasteiger partial charge in [0.05, 0.1) is 39.6 Å². The van der Waals surface area contributed by atoms with Gasteiger partial charge in [0.1, 0.15) is 78.6 Å². The van der Waals surface area contributed by atoms with Crippen molar-refractivity contribution in [3.63, 3.8) is 0 Å². The summed E-state index contributed by atoms with van der Waals surface area (Å²) in [5.74, 6) is -0.788. The van der Waals surface area contributed by atoms with Gasteiger partial charge >= 0.3 is 0 Å². The van der Waals surface area contributed by atoms with E-state index in [-0.39, 0.29) is 22.8 Å². The van der Waals surface area contributed by atoms with Crippen molar-refractivity contribution in [1.29, 1.82) is 0 Å². The molecule has 4 heterocycles. The summed E-state index contributed by atoms with van der Waals surface area (Å²) in [5, 5.41) is 77.5. The number of aliphatic hydroxyl groups excluding tert-OH is 7. The first-order valence-corrected chi connectivity index (χ1v) is 21.6. The Kier molecular flexibility index (Phi) is 14.4. The third kappa shape index (κ3) is 9.80. The molecular weight excluding hydrogens is 847 g/mol. The summed E-state index contributed by atoms with van der Waals surface area (Å²) in [7, 11) is 0. The average Bonchev–Trinajstić information content (AvgIpc) is 4.00. The van der Waals surface area contributed by atoms with Gasteiger partial charge in [-0.05, 0) is 77.1 Å². The average molecular weight is 900 g/mol. The van der Waals surface area contributed by atoms with E-state index in [0.717, 1.165) is 41.0 Å². The van der Waals surface area contributed by atoms with Crippen molar-refractivity contribution in [1.82, 2.24) is 0 Å². The minimum absolute atomic E-state index is 0.0155. The molecule has 4 aromatic carbocycles. The molecule has 0 aromatic heterocycles. The van der Waals surface area contributed by atoms with Crippen LogP contribution in [-0.2, 0) is 42.3 Å². The van der Waals surface area contributed by atoms with Crippen LogP contribution in [0.5, 0.6) is 11.5 Å². The number of hydrogen-bond acceptors (Lipinski definition) is 14. The highest BCUT2D eigenvalue weighted by Crippen LogP contribution is 2.43. The molecule has 8 rings (SSSR count). The zero-order chi connectivity index (χ0) is 43.5. The lowest BCUT2D eigenvalue weighted by Gasteiger charge is -2.49. The van der Waals surface area contributed by atoms with E-state index >= 15 is 0 Å². The lowest BCUT2D eigenvalue weighted by atomic mass is 9.87. The lowest BCUT2D eigenvalue weighted by molar-refractivity contribution is -0.381. The maximum Gasteiger partial charge on any atom is 0.225 e. The molecule has 62 heavy (non-hydrogen) atoms. The third-order valence-corrected chi connectivity index (χ3v) is 12.7. The fourth-order valence-electron chi connectivity index (χ4n) is 8.35. The molecule has 0 spiro atoms. The Hall–Kier alpha value is -3.42. The van der Waals surface area contributed by atoms with Crippen molar-refractivity contribution in [3.05, 3.63) is 128 Å². The molecule has 334 valence electrons. The molecular formula is C46H52Cl2O14. The highest BCUT2D eigenvalue weighted by atomic mass is 35.5. The largest absolute Gasteiger partial charge is 0.488 e. The van der Waals surface area contributed by atoms with Crippen molar-refractivity contribution in [3.8, 4) is 11.5 Å². The Morgan fingerprint density at radius 1 is 0.613 bits per heavy atom. The standard InChI is InChI=1S/C46H52Cl2O14/c47-35-19-29(6-5-27(35)17-25-1-9-31(10-2-25)59-33-13-15-56-22-33)44-42(53)41(52)40(51)38(61-44)24-58-46(45(55)43(54)39(50)37(21-49)62-46)30-8-7-28(36(48)20-30)18-26-3-11-32(12-4-26)60-34-14-16-57-23-34/h1-12,19-20,33-34,37-45,49-55H,13-18,21-24H2/t33-,34-,37+,38+,39+,40+,41-,42+,43-,44-,45+,46-/m0/s1. The number of rotatable bonds is 14. The predicted molar refractivity (Wildman–Crippen MR) is 224 cm³/mol. The minimum atomic E-state index is -2.27. The van der Waals surface area contributed by atoms with Gasteiger partial charge in [0.25, 0.3) is 0 Å². The second-order valence-electron chi connectivity index (χ2n) is 16.3. The Morgan fingerprint density at radius 2 is 1.16 bits per heavy atom. The first kappa shape index (κ1) is 45.2. The van der Waals surface area contributed by atoms with E-state index in [2.05, 4.69) is 0 Å². The van der Waals surface area contributed by atoms with Crippen LogP contribution in [0.15, 0.2) is 84.9 Å². The molecule has 4 aliphatic rings. The normalized spacial score (nSPS) is 32.5. The zero-order valence-electron chi connectivity index (χ0n) is 33.7. The molecule has 0 unspecified atom stereocenters. The number of hydrogen-bond donors (Lipinski definition) is 7. The quantitative estimate of drug-likeness (QED) is 0.0970. The van der Waals surface area contributed by atoms with Crippen molar-refractivity contribution in [2.24, 2.45) is 0 Å². The van der Waals surface area contributed by atoms with Gasteiger partial charge in [-0.15, -0.1) is 0 Å². The van der Waals surface area contributed by atoms with E-state index < -0.39 is 73.9 Å².